The number of benzene rings is 1. The molecule has 0 aliphatic heterocycles. The van der Waals surface area contributed by atoms with Crippen molar-refractivity contribution in [2.75, 3.05) is 0 Å². The Balaban J connectivity index is 3.06. The van der Waals surface area contributed by atoms with Crippen molar-refractivity contribution in [2.45, 2.75) is 58.0 Å². The maximum Gasteiger partial charge on any atom is 0.269 e. The number of Topliss-reactive ketones (excluding diaryl/α,β-unsaturated/α-hetero) is 1. The van der Waals surface area contributed by atoms with Crippen LogP contribution in [0.1, 0.15) is 39.4 Å². The minimum Gasteiger partial charge on any atom is -0.404 e. The van der Waals surface area contributed by atoms with Crippen LogP contribution in [0, 0.1) is 10.1 Å². The Hall–Kier alpha value is -1.57. The summed E-state index contributed by atoms with van der Waals surface area (Å²) in [5.41, 5.74) is 0.361. The van der Waals surface area contributed by atoms with E-state index in [2.05, 4.69) is 20.8 Å². The van der Waals surface area contributed by atoms with Crippen molar-refractivity contribution in [2.24, 2.45) is 0 Å². The fraction of sp³-hybridized carbons (Fsp3) is 0.562. The lowest BCUT2D eigenvalue weighted by atomic mass is 10.0. The van der Waals surface area contributed by atoms with Crippen LogP contribution in [0.25, 0.3) is 0 Å². The molecule has 2 atom stereocenters. The molecule has 1 N–H and O–H groups in total. The van der Waals surface area contributed by atoms with E-state index in [4.69, 9.17) is 4.43 Å². The van der Waals surface area contributed by atoms with Crippen LogP contribution < -0.4 is 0 Å². The van der Waals surface area contributed by atoms with Crippen molar-refractivity contribution in [1.82, 2.24) is 0 Å². The number of non-ortho nitro benzene ring substituents is 1. The lowest BCUT2D eigenvalue weighted by Crippen LogP contribution is -2.47. The second kappa shape index (κ2) is 6.90. The molecule has 0 amide bonds. The standard InChI is InChI=1S/C16H25NO5Si/c1-11(18)15(22-23(5,6)16(2,3)4)14(19)12-7-9-13(10-8-12)17(20)21/h7-10,14-15,19H,1-6H3/t14-,15+/m0/s1. The van der Waals surface area contributed by atoms with Gasteiger partial charge in [0.1, 0.15) is 12.2 Å². The highest BCUT2D eigenvalue weighted by molar-refractivity contribution is 6.74. The SMILES string of the molecule is CC(=O)[C@@H](O[Si](C)(C)C(C)(C)C)[C@@H](O)c1ccc([N+](=O)[O-])cc1. The van der Waals surface area contributed by atoms with Crippen molar-refractivity contribution in [3.05, 3.63) is 39.9 Å². The number of nitro benzene ring substituents is 1. The lowest BCUT2D eigenvalue weighted by molar-refractivity contribution is -0.384. The third kappa shape index (κ3) is 4.70. The van der Waals surface area contributed by atoms with Crippen LogP contribution in [0.2, 0.25) is 18.1 Å². The van der Waals surface area contributed by atoms with Crippen molar-refractivity contribution < 1.29 is 19.3 Å². The summed E-state index contributed by atoms with van der Waals surface area (Å²) in [7, 11) is -2.24. The van der Waals surface area contributed by atoms with Crippen LogP contribution in [0.15, 0.2) is 24.3 Å². The van der Waals surface area contributed by atoms with Crippen molar-refractivity contribution in [3.63, 3.8) is 0 Å². The highest BCUT2D eigenvalue weighted by atomic mass is 28.4. The predicted octanol–water partition coefficient (Wildman–Crippen LogP) is 3.61. The average Bonchev–Trinajstić information content (AvgIpc) is 2.42. The Bertz CT molecular complexity index is 577. The molecule has 1 aromatic rings. The second-order valence-electron chi connectivity index (χ2n) is 7.20. The van der Waals surface area contributed by atoms with Crippen LogP contribution in [0.5, 0.6) is 0 Å². The van der Waals surface area contributed by atoms with E-state index in [9.17, 15) is 20.0 Å². The van der Waals surface area contributed by atoms with Gasteiger partial charge in [0, 0.05) is 12.1 Å². The molecule has 0 bridgehead atoms. The quantitative estimate of drug-likeness (QED) is 0.486. The van der Waals surface area contributed by atoms with Gasteiger partial charge in [0.05, 0.1) is 4.92 Å². The van der Waals surface area contributed by atoms with Gasteiger partial charge in [-0.05, 0) is 42.8 Å². The summed E-state index contributed by atoms with van der Waals surface area (Å²) in [6.45, 7) is 11.5. The molecule has 0 saturated carbocycles. The number of nitro groups is 1. The summed E-state index contributed by atoms with van der Waals surface area (Å²) in [6, 6.07) is 5.52. The van der Waals surface area contributed by atoms with Gasteiger partial charge in [0.25, 0.3) is 5.69 Å². The number of carbonyl (C=O) groups is 1. The molecule has 7 heteroatoms. The predicted molar refractivity (Wildman–Crippen MR) is 90.8 cm³/mol. The molecule has 0 unspecified atom stereocenters. The number of ketones is 1. The van der Waals surface area contributed by atoms with E-state index < -0.39 is 25.4 Å². The molecule has 0 aliphatic rings. The fourth-order valence-corrected chi connectivity index (χ4v) is 3.12. The van der Waals surface area contributed by atoms with Crippen molar-refractivity contribution >= 4 is 19.8 Å². The van der Waals surface area contributed by atoms with Crippen molar-refractivity contribution in [3.8, 4) is 0 Å². The number of aliphatic hydroxyl groups excluding tert-OH is 1. The molecule has 1 aromatic carbocycles. The zero-order valence-corrected chi connectivity index (χ0v) is 15.5. The average molecular weight is 339 g/mol. The minimum absolute atomic E-state index is 0.0642. The van der Waals surface area contributed by atoms with Gasteiger partial charge in [0.2, 0.25) is 0 Å². The first kappa shape index (κ1) is 19.5. The van der Waals surface area contributed by atoms with Gasteiger partial charge in [-0.2, -0.15) is 0 Å². The van der Waals surface area contributed by atoms with E-state index in [-0.39, 0.29) is 16.5 Å². The van der Waals surface area contributed by atoms with Gasteiger partial charge in [-0.15, -0.1) is 0 Å². The first-order valence-corrected chi connectivity index (χ1v) is 10.4. The summed E-state index contributed by atoms with van der Waals surface area (Å²) >= 11 is 0. The lowest BCUT2D eigenvalue weighted by Gasteiger charge is -2.39. The third-order valence-corrected chi connectivity index (χ3v) is 8.82. The highest BCUT2D eigenvalue weighted by Gasteiger charge is 2.42. The summed E-state index contributed by atoms with van der Waals surface area (Å²) in [5, 5.41) is 21.1. The molecule has 0 heterocycles. The normalized spacial score (nSPS) is 15.1. The zero-order valence-electron chi connectivity index (χ0n) is 14.5. The molecule has 0 radical (unpaired) electrons. The van der Waals surface area contributed by atoms with Crippen LogP contribution in [0.4, 0.5) is 5.69 Å². The van der Waals surface area contributed by atoms with Crippen LogP contribution >= 0.6 is 0 Å². The van der Waals surface area contributed by atoms with Crippen LogP contribution in [0.3, 0.4) is 0 Å². The molecular weight excluding hydrogens is 314 g/mol. The highest BCUT2D eigenvalue weighted by Crippen LogP contribution is 2.39. The van der Waals surface area contributed by atoms with Crippen molar-refractivity contribution in [1.29, 1.82) is 0 Å². The molecule has 0 aromatic heterocycles. The van der Waals surface area contributed by atoms with E-state index in [1.807, 2.05) is 13.1 Å². The Morgan fingerprint density at radius 3 is 2.09 bits per heavy atom. The Kier molecular flexibility index (Phi) is 5.84. The molecule has 1 rings (SSSR count). The number of hydrogen-bond acceptors (Lipinski definition) is 5. The topological polar surface area (TPSA) is 89.7 Å². The molecule has 0 aliphatic carbocycles. The zero-order chi connectivity index (χ0) is 18.0. The minimum atomic E-state index is -2.24. The van der Waals surface area contributed by atoms with E-state index in [0.29, 0.717) is 5.56 Å². The fourth-order valence-electron chi connectivity index (χ4n) is 1.83. The molecule has 23 heavy (non-hydrogen) atoms. The van der Waals surface area contributed by atoms with Crippen LogP contribution in [-0.4, -0.2) is 30.2 Å². The summed E-state index contributed by atoms with van der Waals surface area (Å²) in [6.07, 6.45) is -2.13. The van der Waals surface area contributed by atoms with E-state index in [1.54, 1.807) is 0 Å². The first-order valence-electron chi connectivity index (χ1n) is 7.47. The largest absolute Gasteiger partial charge is 0.404 e. The van der Waals surface area contributed by atoms with Gasteiger partial charge in [-0.3, -0.25) is 14.9 Å². The molecule has 0 fully saturated rings. The summed E-state index contributed by atoms with van der Waals surface area (Å²) in [4.78, 5) is 22.2. The molecule has 0 spiro atoms. The van der Waals surface area contributed by atoms with Gasteiger partial charge < -0.3 is 9.53 Å². The number of hydrogen-bond donors (Lipinski definition) is 1. The van der Waals surface area contributed by atoms with Gasteiger partial charge in [-0.25, -0.2) is 0 Å². The molecular formula is C16H25NO5Si. The first-order chi connectivity index (χ1) is 10.4. The summed E-state index contributed by atoms with van der Waals surface area (Å²) in [5.74, 6) is -0.263. The molecule has 6 nitrogen and oxygen atoms in total. The van der Waals surface area contributed by atoms with Gasteiger partial charge in [0.15, 0.2) is 14.1 Å². The number of nitrogens with zero attached hydrogens (tertiary/aromatic N) is 1. The monoisotopic (exact) mass is 339 g/mol. The molecule has 128 valence electrons. The van der Waals surface area contributed by atoms with Gasteiger partial charge >= 0.3 is 0 Å². The number of aliphatic hydroxyl groups is 1. The van der Waals surface area contributed by atoms with Gasteiger partial charge in [-0.1, -0.05) is 20.8 Å². The Morgan fingerprint density at radius 1 is 1.26 bits per heavy atom. The maximum absolute atomic E-state index is 12.0. The number of carbonyl (C=O) groups excluding carboxylic acids is 1. The summed E-state index contributed by atoms with van der Waals surface area (Å²) < 4.78 is 6.06. The second-order valence-corrected chi connectivity index (χ2v) is 12.0. The molecule has 0 saturated heterocycles. The Labute approximate surface area is 137 Å². The number of rotatable bonds is 6. The third-order valence-electron chi connectivity index (χ3n) is 4.36. The van der Waals surface area contributed by atoms with E-state index in [0.717, 1.165) is 0 Å². The Morgan fingerprint density at radius 2 is 1.74 bits per heavy atom. The van der Waals surface area contributed by atoms with E-state index >= 15 is 0 Å². The smallest absolute Gasteiger partial charge is 0.269 e. The van der Waals surface area contributed by atoms with E-state index in [1.165, 1.54) is 31.2 Å². The van der Waals surface area contributed by atoms with Crippen LogP contribution in [-0.2, 0) is 9.22 Å². The maximum atomic E-state index is 12.0.